The van der Waals surface area contributed by atoms with Gasteiger partial charge in [-0.05, 0) is 0 Å². The molecule has 1 amide bonds. The zero-order valence-electron chi connectivity index (χ0n) is 9.91. The Morgan fingerprint density at radius 2 is 1.81 bits per heavy atom. The summed E-state index contributed by atoms with van der Waals surface area (Å²) in [6, 6.07) is 0. The Kier molecular flexibility index (Phi) is 10.9. The third kappa shape index (κ3) is 7.87. The van der Waals surface area contributed by atoms with Gasteiger partial charge in [-0.3, -0.25) is 4.79 Å². The Morgan fingerprint density at radius 1 is 1.12 bits per heavy atom. The molecule has 0 unspecified atom stereocenters. The molecule has 0 atom stereocenters. The van der Waals surface area contributed by atoms with Gasteiger partial charge < -0.3 is 19.1 Å². The van der Waals surface area contributed by atoms with Crippen LogP contribution in [0.5, 0.6) is 0 Å². The summed E-state index contributed by atoms with van der Waals surface area (Å²) in [6.45, 7) is 2.51. The number of ether oxygens (including phenoxy) is 3. The Hall–Kier alpha value is -0.360. The molecule has 0 bridgehead atoms. The van der Waals surface area contributed by atoms with E-state index in [0.29, 0.717) is 38.8 Å². The lowest BCUT2D eigenvalue weighted by atomic mass is 10.4. The fourth-order valence-electron chi connectivity index (χ4n) is 1.06. The van der Waals surface area contributed by atoms with Crippen LogP contribution in [0, 0.1) is 0 Å². The van der Waals surface area contributed by atoms with Crippen LogP contribution < -0.4 is 0 Å². The number of hydrogen-bond acceptors (Lipinski definition) is 4. The fourth-order valence-corrected chi connectivity index (χ4v) is 1.26. The molecule has 16 heavy (non-hydrogen) atoms. The largest absolute Gasteiger partial charge is 0.383 e. The van der Waals surface area contributed by atoms with Crippen LogP contribution in [0.4, 0.5) is 0 Å². The lowest BCUT2D eigenvalue weighted by Gasteiger charge is -2.21. The molecule has 0 aromatic carbocycles. The summed E-state index contributed by atoms with van der Waals surface area (Å²) in [6.07, 6.45) is 0. The number of amides is 1. The van der Waals surface area contributed by atoms with E-state index >= 15 is 0 Å². The molecule has 0 N–H and O–H groups in total. The maximum absolute atomic E-state index is 11.6. The maximum atomic E-state index is 11.6. The van der Waals surface area contributed by atoms with Crippen molar-refractivity contribution in [2.45, 2.75) is 0 Å². The number of carbonyl (C=O) groups is 1. The third-order valence-corrected chi connectivity index (χ3v) is 2.10. The van der Waals surface area contributed by atoms with Gasteiger partial charge in [-0.15, -0.1) is 11.6 Å². The third-order valence-electron chi connectivity index (χ3n) is 1.93. The first-order valence-corrected chi connectivity index (χ1v) is 5.69. The molecule has 0 aliphatic rings. The maximum Gasteiger partial charge on any atom is 0.248 e. The van der Waals surface area contributed by atoms with E-state index in [-0.39, 0.29) is 12.5 Å². The van der Waals surface area contributed by atoms with Crippen molar-refractivity contribution >= 4 is 17.5 Å². The van der Waals surface area contributed by atoms with E-state index in [1.165, 1.54) is 0 Å². The van der Waals surface area contributed by atoms with E-state index in [9.17, 15) is 4.79 Å². The van der Waals surface area contributed by atoms with Crippen LogP contribution in [0.1, 0.15) is 0 Å². The number of halogens is 1. The quantitative estimate of drug-likeness (QED) is 0.417. The summed E-state index contributed by atoms with van der Waals surface area (Å²) < 4.78 is 14.9. The minimum Gasteiger partial charge on any atom is -0.383 e. The molecule has 0 aliphatic heterocycles. The topological polar surface area (TPSA) is 48.0 Å². The fraction of sp³-hybridized carbons (Fsp3) is 0.900. The highest BCUT2D eigenvalue weighted by Crippen LogP contribution is 1.93. The predicted octanol–water partition coefficient (Wildman–Crippen LogP) is 0.363. The van der Waals surface area contributed by atoms with Gasteiger partial charge in [0.05, 0.1) is 19.8 Å². The summed E-state index contributed by atoms with van der Waals surface area (Å²) in [4.78, 5) is 13.3. The van der Waals surface area contributed by atoms with E-state index in [2.05, 4.69) is 0 Å². The van der Waals surface area contributed by atoms with E-state index in [4.69, 9.17) is 25.8 Å². The van der Waals surface area contributed by atoms with Gasteiger partial charge in [0.1, 0.15) is 6.61 Å². The van der Waals surface area contributed by atoms with Crippen LogP contribution >= 0.6 is 11.6 Å². The van der Waals surface area contributed by atoms with E-state index in [1.807, 2.05) is 0 Å². The summed E-state index contributed by atoms with van der Waals surface area (Å²) >= 11 is 5.61. The second-order valence-corrected chi connectivity index (χ2v) is 3.49. The average molecular weight is 254 g/mol. The number of methoxy groups -OCH3 is 2. The summed E-state index contributed by atoms with van der Waals surface area (Å²) in [5.41, 5.74) is 0. The van der Waals surface area contributed by atoms with Crippen molar-refractivity contribution in [3.63, 3.8) is 0 Å². The van der Waals surface area contributed by atoms with Gasteiger partial charge in [0.15, 0.2) is 0 Å². The van der Waals surface area contributed by atoms with Crippen LogP contribution in [0.15, 0.2) is 0 Å². The highest BCUT2D eigenvalue weighted by atomic mass is 35.5. The van der Waals surface area contributed by atoms with Crippen LogP contribution in [0.25, 0.3) is 0 Å². The Balaban J connectivity index is 3.77. The van der Waals surface area contributed by atoms with Crippen molar-refractivity contribution in [1.82, 2.24) is 4.90 Å². The highest BCUT2D eigenvalue weighted by molar-refractivity contribution is 6.18. The zero-order chi connectivity index (χ0) is 12.2. The Bertz CT molecular complexity index is 180. The molecular weight excluding hydrogens is 234 g/mol. The zero-order valence-corrected chi connectivity index (χ0v) is 10.7. The van der Waals surface area contributed by atoms with Gasteiger partial charge >= 0.3 is 0 Å². The summed E-state index contributed by atoms with van der Waals surface area (Å²) in [5.74, 6) is 0.335. The molecule has 0 saturated carbocycles. The molecule has 0 fully saturated rings. The molecule has 0 spiro atoms. The number of carbonyl (C=O) groups excluding carboxylic acids is 1. The molecule has 0 rings (SSSR count). The first-order chi connectivity index (χ1) is 7.76. The SMILES string of the molecule is COCCOCC(=O)N(CCCl)CCOC. The van der Waals surface area contributed by atoms with Crippen molar-refractivity contribution in [3.8, 4) is 0 Å². The molecule has 6 heteroatoms. The second-order valence-electron chi connectivity index (χ2n) is 3.11. The molecule has 0 aromatic heterocycles. The minimum absolute atomic E-state index is 0.0595. The highest BCUT2D eigenvalue weighted by Gasteiger charge is 2.12. The van der Waals surface area contributed by atoms with Crippen molar-refractivity contribution in [3.05, 3.63) is 0 Å². The molecular formula is C10H20ClNO4. The van der Waals surface area contributed by atoms with Crippen molar-refractivity contribution < 1.29 is 19.0 Å². The van der Waals surface area contributed by atoms with Gasteiger partial charge in [-0.25, -0.2) is 0 Å². The van der Waals surface area contributed by atoms with Gasteiger partial charge in [0.2, 0.25) is 5.91 Å². The molecule has 5 nitrogen and oxygen atoms in total. The lowest BCUT2D eigenvalue weighted by Crippen LogP contribution is -2.38. The normalized spacial score (nSPS) is 10.4. The van der Waals surface area contributed by atoms with E-state index in [0.717, 1.165) is 0 Å². The summed E-state index contributed by atoms with van der Waals surface area (Å²) in [7, 11) is 3.18. The number of alkyl halides is 1. The van der Waals surface area contributed by atoms with Gasteiger partial charge in [0.25, 0.3) is 0 Å². The first kappa shape index (κ1) is 15.6. The molecule has 0 saturated heterocycles. The minimum atomic E-state index is -0.0752. The average Bonchev–Trinajstić information content (AvgIpc) is 2.29. The standard InChI is InChI=1S/C10H20ClNO4/c1-14-6-5-12(4-3-11)10(13)9-16-8-7-15-2/h3-9H2,1-2H3. The van der Waals surface area contributed by atoms with E-state index < -0.39 is 0 Å². The lowest BCUT2D eigenvalue weighted by molar-refractivity contribution is -0.136. The Labute approximate surface area is 102 Å². The first-order valence-electron chi connectivity index (χ1n) is 5.15. The Morgan fingerprint density at radius 3 is 2.38 bits per heavy atom. The monoisotopic (exact) mass is 253 g/mol. The van der Waals surface area contributed by atoms with Crippen LogP contribution in [-0.4, -0.2) is 70.4 Å². The predicted molar refractivity (Wildman–Crippen MR) is 61.9 cm³/mol. The number of nitrogens with zero attached hydrogens (tertiary/aromatic N) is 1. The van der Waals surface area contributed by atoms with Crippen molar-refractivity contribution in [1.29, 1.82) is 0 Å². The van der Waals surface area contributed by atoms with Gasteiger partial charge in [-0.1, -0.05) is 0 Å². The summed E-state index contributed by atoms with van der Waals surface area (Å²) in [5, 5.41) is 0. The smallest absolute Gasteiger partial charge is 0.248 e. The van der Waals surface area contributed by atoms with Gasteiger partial charge in [0, 0.05) is 33.2 Å². The molecule has 0 radical (unpaired) electrons. The second kappa shape index (κ2) is 11.1. The van der Waals surface area contributed by atoms with Gasteiger partial charge in [-0.2, -0.15) is 0 Å². The van der Waals surface area contributed by atoms with Crippen molar-refractivity contribution in [2.24, 2.45) is 0 Å². The van der Waals surface area contributed by atoms with E-state index in [1.54, 1.807) is 19.1 Å². The van der Waals surface area contributed by atoms with Crippen LogP contribution in [-0.2, 0) is 19.0 Å². The molecule has 0 heterocycles. The van der Waals surface area contributed by atoms with Crippen molar-refractivity contribution in [2.75, 3.05) is 59.6 Å². The molecule has 96 valence electrons. The molecule has 0 aliphatic carbocycles. The number of rotatable bonds is 10. The molecule has 0 aromatic rings. The van der Waals surface area contributed by atoms with Crippen LogP contribution in [0.2, 0.25) is 0 Å². The number of hydrogen-bond donors (Lipinski definition) is 0. The van der Waals surface area contributed by atoms with Crippen LogP contribution in [0.3, 0.4) is 0 Å².